The quantitative estimate of drug-likeness (QED) is 0.785. The van der Waals surface area contributed by atoms with Crippen LogP contribution in [0, 0.1) is 13.8 Å². The summed E-state index contributed by atoms with van der Waals surface area (Å²) in [5, 5.41) is 0.652. The van der Waals surface area contributed by atoms with Crippen molar-refractivity contribution in [2.75, 3.05) is 0 Å². The van der Waals surface area contributed by atoms with Crippen LogP contribution in [0.4, 0.5) is 0 Å². The average Bonchev–Trinajstić information content (AvgIpc) is 2.23. The first-order chi connectivity index (χ1) is 7.91. The minimum Gasteiger partial charge on any atom is -0.459 e. The molecule has 0 unspecified atom stereocenters. The summed E-state index contributed by atoms with van der Waals surface area (Å²) < 4.78 is 6.71. The summed E-state index contributed by atoms with van der Waals surface area (Å²) in [6.45, 7) is 7.85. The maximum atomic E-state index is 12.3. The van der Waals surface area contributed by atoms with E-state index in [0.717, 1.165) is 15.8 Å². The molecular weight excluding hydrogens is 280 g/mol. The average molecular weight is 295 g/mol. The van der Waals surface area contributed by atoms with Crippen molar-refractivity contribution in [1.29, 1.82) is 0 Å². The Morgan fingerprint density at radius 3 is 2.47 bits per heavy atom. The number of hydrogen-bond donors (Lipinski definition) is 0. The Bertz CT molecular complexity index is 639. The Morgan fingerprint density at radius 2 is 1.88 bits per heavy atom. The summed E-state index contributed by atoms with van der Waals surface area (Å²) in [4.78, 5) is 12.3. The van der Waals surface area contributed by atoms with Gasteiger partial charge in [-0.15, -0.1) is 0 Å². The van der Waals surface area contributed by atoms with Gasteiger partial charge in [0.05, 0.1) is 9.86 Å². The number of halogens is 1. The molecule has 17 heavy (non-hydrogen) atoms. The van der Waals surface area contributed by atoms with Crippen LogP contribution in [0.1, 0.15) is 36.7 Å². The summed E-state index contributed by atoms with van der Waals surface area (Å²) in [7, 11) is 0. The summed E-state index contributed by atoms with van der Waals surface area (Å²) in [5.74, 6) is 0.979. The normalized spacial score (nSPS) is 11.4. The highest BCUT2D eigenvalue weighted by molar-refractivity contribution is 9.10. The lowest BCUT2D eigenvalue weighted by molar-refractivity contribution is 0.502. The van der Waals surface area contributed by atoms with Gasteiger partial charge in [0.1, 0.15) is 5.76 Å². The second kappa shape index (κ2) is 4.30. The minimum atomic E-state index is 0.0688. The Labute approximate surface area is 109 Å². The van der Waals surface area contributed by atoms with E-state index in [2.05, 4.69) is 15.9 Å². The molecule has 0 aliphatic rings. The fraction of sp³-hybridized carbons (Fsp3) is 0.357. The molecule has 0 atom stereocenters. The first-order valence-electron chi connectivity index (χ1n) is 5.65. The molecule has 0 fully saturated rings. The first kappa shape index (κ1) is 12.4. The molecule has 0 saturated carbocycles. The lowest BCUT2D eigenvalue weighted by atomic mass is 10.0. The van der Waals surface area contributed by atoms with Gasteiger partial charge in [0, 0.05) is 11.5 Å². The smallest absolute Gasteiger partial charge is 0.195 e. The highest BCUT2D eigenvalue weighted by Gasteiger charge is 2.15. The third-order valence-electron chi connectivity index (χ3n) is 2.88. The number of hydrogen-bond acceptors (Lipinski definition) is 2. The predicted octanol–water partition coefficient (Wildman–Crippen LogP) is 4.30. The van der Waals surface area contributed by atoms with Crippen LogP contribution in [0.2, 0.25) is 0 Å². The molecule has 0 aliphatic heterocycles. The molecule has 0 bridgehead atoms. The van der Waals surface area contributed by atoms with E-state index in [1.54, 1.807) is 0 Å². The second-order valence-electron chi connectivity index (χ2n) is 4.70. The van der Waals surface area contributed by atoms with Crippen LogP contribution < -0.4 is 5.43 Å². The highest BCUT2D eigenvalue weighted by atomic mass is 79.9. The number of fused-ring (bicyclic) bond motifs is 1. The predicted molar refractivity (Wildman–Crippen MR) is 73.7 cm³/mol. The van der Waals surface area contributed by atoms with Crippen molar-refractivity contribution >= 4 is 26.9 Å². The van der Waals surface area contributed by atoms with Gasteiger partial charge in [0.15, 0.2) is 11.0 Å². The zero-order valence-corrected chi connectivity index (χ0v) is 12.0. The van der Waals surface area contributed by atoms with Gasteiger partial charge in [-0.05, 0) is 47.5 Å². The number of aryl methyl sites for hydroxylation is 1. The van der Waals surface area contributed by atoms with E-state index in [1.165, 1.54) is 0 Å². The van der Waals surface area contributed by atoms with E-state index in [-0.39, 0.29) is 11.3 Å². The van der Waals surface area contributed by atoms with Crippen LogP contribution in [0.15, 0.2) is 25.8 Å². The van der Waals surface area contributed by atoms with Crippen molar-refractivity contribution in [3.05, 3.63) is 43.7 Å². The Kier molecular flexibility index (Phi) is 3.13. The van der Waals surface area contributed by atoms with Crippen molar-refractivity contribution in [2.24, 2.45) is 0 Å². The molecule has 90 valence electrons. The van der Waals surface area contributed by atoms with Gasteiger partial charge in [-0.3, -0.25) is 4.79 Å². The molecule has 0 amide bonds. The third-order valence-corrected chi connectivity index (χ3v) is 3.47. The second-order valence-corrected chi connectivity index (χ2v) is 5.55. The van der Waals surface area contributed by atoms with Crippen LogP contribution in [-0.4, -0.2) is 0 Å². The molecule has 2 aromatic rings. The molecule has 0 radical (unpaired) electrons. The summed E-state index contributed by atoms with van der Waals surface area (Å²) in [6.07, 6.45) is 0. The maximum absolute atomic E-state index is 12.3. The summed E-state index contributed by atoms with van der Waals surface area (Å²) >= 11 is 3.46. The minimum absolute atomic E-state index is 0.0688. The van der Waals surface area contributed by atoms with Crippen LogP contribution in [0.3, 0.4) is 0 Å². The van der Waals surface area contributed by atoms with Crippen LogP contribution in [0.25, 0.3) is 11.0 Å². The van der Waals surface area contributed by atoms with Gasteiger partial charge in [-0.25, -0.2) is 0 Å². The van der Waals surface area contributed by atoms with Crippen molar-refractivity contribution < 1.29 is 4.42 Å². The molecule has 1 heterocycles. The van der Waals surface area contributed by atoms with E-state index < -0.39 is 0 Å². The van der Waals surface area contributed by atoms with Crippen molar-refractivity contribution in [1.82, 2.24) is 0 Å². The van der Waals surface area contributed by atoms with Crippen molar-refractivity contribution in [3.8, 4) is 0 Å². The summed E-state index contributed by atoms with van der Waals surface area (Å²) in [5.41, 5.74) is 2.48. The molecule has 1 aromatic heterocycles. The molecule has 0 N–H and O–H groups in total. The van der Waals surface area contributed by atoms with Crippen molar-refractivity contribution in [3.63, 3.8) is 0 Å². The fourth-order valence-corrected chi connectivity index (χ4v) is 2.71. The van der Waals surface area contributed by atoms with E-state index >= 15 is 0 Å². The van der Waals surface area contributed by atoms with Gasteiger partial charge >= 0.3 is 0 Å². The molecule has 2 rings (SSSR count). The van der Waals surface area contributed by atoms with Gasteiger partial charge in [-0.1, -0.05) is 13.8 Å². The number of benzene rings is 1. The highest BCUT2D eigenvalue weighted by Crippen LogP contribution is 2.28. The topological polar surface area (TPSA) is 30.2 Å². The standard InChI is InChI=1S/C14H15BrO2/c1-7(2)13-9(4)12(16)10-5-8(3)6-11(15)14(10)17-13/h5-7H,1-4H3. The molecule has 0 saturated heterocycles. The summed E-state index contributed by atoms with van der Waals surface area (Å²) in [6, 6.07) is 3.84. The number of rotatable bonds is 1. The molecule has 1 aromatic carbocycles. The van der Waals surface area contributed by atoms with Gasteiger partial charge in [0.2, 0.25) is 0 Å². The first-order valence-corrected chi connectivity index (χ1v) is 6.44. The van der Waals surface area contributed by atoms with E-state index in [0.29, 0.717) is 16.5 Å². The monoisotopic (exact) mass is 294 g/mol. The fourth-order valence-electron chi connectivity index (χ4n) is 2.05. The Balaban J connectivity index is 2.96. The zero-order valence-electron chi connectivity index (χ0n) is 10.4. The lowest BCUT2D eigenvalue weighted by Crippen LogP contribution is -2.10. The Morgan fingerprint density at radius 1 is 1.24 bits per heavy atom. The maximum Gasteiger partial charge on any atom is 0.195 e. The van der Waals surface area contributed by atoms with Gasteiger partial charge in [0.25, 0.3) is 0 Å². The van der Waals surface area contributed by atoms with Crippen LogP contribution >= 0.6 is 15.9 Å². The molecule has 3 heteroatoms. The Hall–Kier alpha value is -1.09. The zero-order chi connectivity index (χ0) is 12.7. The molecule has 0 aliphatic carbocycles. The van der Waals surface area contributed by atoms with E-state index in [4.69, 9.17) is 4.42 Å². The SMILES string of the molecule is Cc1cc(Br)c2oc(C(C)C)c(C)c(=O)c2c1. The largest absolute Gasteiger partial charge is 0.459 e. The van der Waals surface area contributed by atoms with Gasteiger partial charge in [-0.2, -0.15) is 0 Å². The molecule has 2 nitrogen and oxygen atoms in total. The van der Waals surface area contributed by atoms with Crippen molar-refractivity contribution in [2.45, 2.75) is 33.6 Å². The van der Waals surface area contributed by atoms with E-state index in [9.17, 15) is 4.79 Å². The third kappa shape index (κ3) is 2.04. The lowest BCUT2D eigenvalue weighted by Gasteiger charge is -2.10. The van der Waals surface area contributed by atoms with E-state index in [1.807, 2.05) is 39.8 Å². The van der Waals surface area contributed by atoms with Gasteiger partial charge < -0.3 is 4.42 Å². The molecular formula is C14H15BrO2. The van der Waals surface area contributed by atoms with Crippen LogP contribution in [0.5, 0.6) is 0 Å². The van der Waals surface area contributed by atoms with Crippen LogP contribution in [-0.2, 0) is 0 Å². The molecule has 0 spiro atoms.